The number of likely N-dealkylation sites (tertiary alicyclic amines) is 1. The molecule has 2 N–H and O–H groups in total. The van der Waals surface area contributed by atoms with E-state index in [1.807, 2.05) is 19.9 Å². The molecule has 0 aliphatic carbocycles. The normalized spacial score (nSPS) is 25.8. The molecule has 1 aromatic rings. The van der Waals surface area contributed by atoms with Gasteiger partial charge in [0.05, 0.1) is 24.1 Å². The molecule has 2 aliphatic heterocycles. The average Bonchev–Trinajstić information content (AvgIpc) is 3.10. The zero-order valence-corrected chi connectivity index (χ0v) is 17.1. The molecule has 3 unspecified atom stereocenters. The highest BCUT2D eigenvalue weighted by Gasteiger charge is 2.27. The maximum Gasteiger partial charge on any atom is 0.313 e. The Bertz CT molecular complexity index is 684. The van der Waals surface area contributed by atoms with Crippen molar-refractivity contribution in [3.05, 3.63) is 18.3 Å². The molecule has 3 heterocycles. The summed E-state index contributed by atoms with van der Waals surface area (Å²) in [7, 11) is 0. The van der Waals surface area contributed by atoms with Gasteiger partial charge >= 0.3 is 11.8 Å². The Morgan fingerprint density at radius 2 is 1.86 bits per heavy atom. The fourth-order valence-electron chi connectivity index (χ4n) is 3.82. The van der Waals surface area contributed by atoms with Gasteiger partial charge < -0.3 is 20.3 Å². The molecule has 0 radical (unpaired) electrons. The number of hydrogen-bond acceptors (Lipinski definition) is 6. The van der Waals surface area contributed by atoms with Crippen LogP contribution in [0.5, 0.6) is 0 Å². The summed E-state index contributed by atoms with van der Waals surface area (Å²) >= 11 is 0. The molecule has 2 amide bonds. The van der Waals surface area contributed by atoms with Crippen molar-refractivity contribution in [2.45, 2.75) is 58.4 Å². The third kappa shape index (κ3) is 5.20. The third-order valence-corrected chi connectivity index (χ3v) is 5.24. The lowest BCUT2D eigenvalue weighted by molar-refractivity contribution is -0.136. The fourth-order valence-corrected chi connectivity index (χ4v) is 3.82. The van der Waals surface area contributed by atoms with Crippen LogP contribution in [0.2, 0.25) is 0 Å². The summed E-state index contributed by atoms with van der Waals surface area (Å²) in [6.45, 7) is 11.6. The van der Waals surface area contributed by atoms with E-state index >= 15 is 0 Å². The van der Waals surface area contributed by atoms with E-state index in [4.69, 9.17) is 4.74 Å². The lowest BCUT2D eigenvalue weighted by Crippen LogP contribution is -2.45. The van der Waals surface area contributed by atoms with E-state index in [0.717, 1.165) is 38.4 Å². The van der Waals surface area contributed by atoms with E-state index in [0.29, 0.717) is 11.7 Å². The van der Waals surface area contributed by atoms with Gasteiger partial charge in [0.2, 0.25) is 0 Å². The number of hydrogen-bond donors (Lipinski definition) is 2. The quantitative estimate of drug-likeness (QED) is 0.754. The van der Waals surface area contributed by atoms with Gasteiger partial charge in [-0.15, -0.1) is 0 Å². The maximum absolute atomic E-state index is 12.2. The number of amides is 2. The Kier molecular flexibility index (Phi) is 6.51. The minimum Gasteiger partial charge on any atom is -0.372 e. The number of ether oxygens (including phenoxy) is 1. The number of nitrogens with zero attached hydrogens (tertiary/aromatic N) is 3. The molecule has 2 fully saturated rings. The van der Waals surface area contributed by atoms with E-state index in [1.165, 1.54) is 0 Å². The summed E-state index contributed by atoms with van der Waals surface area (Å²) in [6.07, 6.45) is 2.75. The summed E-state index contributed by atoms with van der Waals surface area (Å²) in [4.78, 5) is 33.3. The molecule has 154 valence electrons. The number of rotatable bonds is 4. The summed E-state index contributed by atoms with van der Waals surface area (Å²) < 4.78 is 5.74. The summed E-state index contributed by atoms with van der Waals surface area (Å²) in [6, 6.07) is 4.09. The molecule has 2 saturated heterocycles. The minimum atomic E-state index is -0.661. The van der Waals surface area contributed by atoms with Crippen LogP contribution in [-0.4, -0.2) is 72.2 Å². The summed E-state index contributed by atoms with van der Waals surface area (Å²) in [5, 5.41) is 5.45. The zero-order chi connectivity index (χ0) is 20.3. The van der Waals surface area contributed by atoms with Crippen molar-refractivity contribution in [2.75, 3.05) is 36.4 Å². The van der Waals surface area contributed by atoms with Crippen molar-refractivity contribution in [3.63, 3.8) is 0 Å². The van der Waals surface area contributed by atoms with Crippen LogP contribution in [-0.2, 0) is 14.3 Å². The molecule has 2 aliphatic rings. The molecule has 0 spiro atoms. The number of aromatic nitrogens is 1. The first-order chi connectivity index (χ1) is 13.3. The lowest BCUT2D eigenvalue weighted by Gasteiger charge is -2.36. The molecule has 0 aromatic carbocycles. The predicted molar refractivity (Wildman–Crippen MR) is 108 cm³/mol. The Labute approximate surface area is 166 Å². The Morgan fingerprint density at radius 3 is 2.43 bits per heavy atom. The monoisotopic (exact) mass is 389 g/mol. The molecule has 8 heteroatoms. The van der Waals surface area contributed by atoms with E-state index in [9.17, 15) is 9.59 Å². The fraction of sp³-hybridized carbons (Fsp3) is 0.650. The molecule has 1 aromatic heterocycles. The van der Waals surface area contributed by atoms with E-state index < -0.39 is 11.8 Å². The van der Waals surface area contributed by atoms with Crippen LogP contribution < -0.4 is 15.5 Å². The highest BCUT2D eigenvalue weighted by Crippen LogP contribution is 2.19. The van der Waals surface area contributed by atoms with Gasteiger partial charge in [-0.05, 0) is 46.2 Å². The standard InChI is InChI=1S/C20H31N5O3/c1-13(2)24-8-7-17(12-24)23-20(27)19(26)22-16-5-6-18(21-9-16)25-10-14(3)28-15(4)11-25/h5-6,9,13-15,17H,7-8,10-12H2,1-4H3,(H,22,26)(H,23,27). The second-order valence-corrected chi connectivity index (χ2v) is 8.07. The second-order valence-electron chi connectivity index (χ2n) is 8.07. The maximum atomic E-state index is 12.2. The van der Waals surface area contributed by atoms with Crippen LogP contribution in [0.25, 0.3) is 0 Å². The molecular weight excluding hydrogens is 358 g/mol. The number of nitrogens with one attached hydrogen (secondary N) is 2. The number of anilines is 2. The zero-order valence-electron chi connectivity index (χ0n) is 17.1. The van der Waals surface area contributed by atoms with Crippen LogP contribution >= 0.6 is 0 Å². The Hall–Kier alpha value is -2.19. The summed E-state index contributed by atoms with van der Waals surface area (Å²) in [5.41, 5.74) is 0.508. The molecule has 28 heavy (non-hydrogen) atoms. The number of morpholine rings is 1. The van der Waals surface area contributed by atoms with Gasteiger partial charge in [-0.25, -0.2) is 4.98 Å². The van der Waals surface area contributed by atoms with Crippen molar-refractivity contribution in [3.8, 4) is 0 Å². The van der Waals surface area contributed by atoms with Crippen molar-refractivity contribution >= 4 is 23.3 Å². The SMILES string of the molecule is CC1CN(c2ccc(NC(=O)C(=O)NC3CCN(C(C)C)C3)cn2)CC(C)O1. The number of carbonyl (C=O) groups is 2. The molecule has 3 atom stereocenters. The molecule has 0 saturated carbocycles. The van der Waals surface area contributed by atoms with Crippen LogP contribution in [0.15, 0.2) is 18.3 Å². The average molecular weight is 390 g/mol. The van der Waals surface area contributed by atoms with Crippen LogP contribution in [0, 0.1) is 0 Å². The van der Waals surface area contributed by atoms with E-state index in [1.54, 1.807) is 12.3 Å². The highest BCUT2D eigenvalue weighted by atomic mass is 16.5. The van der Waals surface area contributed by atoms with Gasteiger partial charge in [-0.1, -0.05) is 0 Å². The Morgan fingerprint density at radius 1 is 1.14 bits per heavy atom. The summed E-state index contributed by atoms with van der Waals surface area (Å²) in [5.74, 6) is -0.425. The first kappa shape index (κ1) is 20.5. The van der Waals surface area contributed by atoms with E-state index in [-0.39, 0.29) is 18.2 Å². The smallest absolute Gasteiger partial charge is 0.313 e. The highest BCUT2D eigenvalue weighted by molar-refractivity contribution is 6.39. The molecular formula is C20H31N5O3. The van der Waals surface area contributed by atoms with Crippen molar-refractivity contribution in [2.24, 2.45) is 0 Å². The van der Waals surface area contributed by atoms with Gasteiger partial charge in [0.15, 0.2) is 0 Å². The van der Waals surface area contributed by atoms with Crippen LogP contribution in [0.4, 0.5) is 11.5 Å². The van der Waals surface area contributed by atoms with Gasteiger partial charge in [0.1, 0.15) is 5.82 Å². The van der Waals surface area contributed by atoms with Crippen LogP contribution in [0.3, 0.4) is 0 Å². The van der Waals surface area contributed by atoms with Gasteiger partial charge in [0, 0.05) is 38.3 Å². The number of pyridine rings is 1. The van der Waals surface area contributed by atoms with Gasteiger partial charge in [0.25, 0.3) is 0 Å². The second kappa shape index (κ2) is 8.87. The molecule has 8 nitrogen and oxygen atoms in total. The van der Waals surface area contributed by atoms with Gasteiger partial charge in [-0.2, -0.15) is 0 Å². The van der Waals surface area contributed by atoms with Crippen LogP contribution in [0.1, 0.15) is 34.1 Å². The largest absolute Gasteiger partial charge is 0.372 e. The minimum absolute atomic E-state index is 0.0199. The van der Waals surface area contributed by atoms with Crippen molar-refractivity contribution in [1.82, 2.24) is 15.2 Å². The topological polar surface area (TPSA) is 86.8 Å². The number of carbonyl (C=O) groups excluding carboxylic acids is 2. The molecule has 3 rings (SSSR count). The first-order valence-electron chi connectivity index (χ1n) is 10.0. The predicted octanol–water partition coefficient (Wildman–Crippen LogP) is 1.23. The van der Waals surface area contributed by atoms with E-state index in [2.05, 4.69) is 39.3 Å². The molecule has 0 bridgehead atoms. The Balaban J connectivity index is 1.51. The van der Waals surface area contributed by atoms with Crippen molar-refractivity contribution in [1.29, 1.82) is 0 Å². The first-order valence-corrected chi connectivity index (χ1v) is 10.0. The van der Waals surface area contributed by atoms with Crippen molar-refractivity contribution < 1.29 is 14.3 Å². The van der Waals surface area contributed by atoms with Gasteiger partial charge in [-0.3, -0.25) is 14.5 Å². The lowest BCUT2D eigenvalue weighted by atomic mass is 10.2. The third-order valence-electron chi connectivity index (χ3n) is 5.24.